The Morgan fingerprint density at radius 3 is 2.47 bits per heavy atom. The molecule has 0 unspecified atom stereocenters. The zero-order chi connectivity index (χ0) is 13.7. The van der Waals surface area contributed by atoms with E-state index in [4.69, 9.17) is 9.47 Å². The summed E-state index contributed by atoms with van der Waals surface area (Å²) in [5.41, 5.74) is 0.555. The molecule has 2 aromatic rings. The molecule has 0 spiro atoms. The normalized spacial score (nSPS) is 10.0. The number of carbonyl (C=O) groups excluding carboxylic acids is 1. The molecular weight excluding hydrogens is 242 g/mol. The van der Waals surface area contributed by atoms with Gasteiger partial charge in [0.2, 0.25) is 12.3 Å². The van der Waals surface area contributed by atoms with Crippen LogP contribution in [0.1, 0.15) is 10.4 Å². The predicted molar refractivity (Wildman–Crippen MR) is 70.5 cm³/mol. The van der Waals surface area contributed by atoms with E-state index in [-0.39, 0.29) is 12.3 Å². The van der Waals surface area contributed by atoms with E-state index >= 15 is 0 Å². The van der Waals surface area contributed by atoms with Crippen molar-refractivity contribution in [2.45, 2.75) is 6.54 Å². The fourth-order valence-electron chi connectivity index (χ4n) is 1.82. The summed E-state index contributed by atoms with van der Waals surface area (Å²) < 4.78 is 12.2. The lowest BCUT2D eigenvalue weighted by Crippen LogP contribution is -2.36. The van der Waals surface area contributed by atoms with Gasteiger partial charge in [-0.15, -0.1) is 0 Å². The van der Waals surface area contributed by atoms with Gasteiger partial charge in [0.15, 0.2) is 12.4 Å². The lowest BCUT2D eigenvalue weighted by atomic mass is 10.1. The van der Waals surface area contributed by atoms with Crippen LogP contribution in [0.5, 0.6) is 11.5 Å². The molecule has 0 N–H and O–H groups in total. The number of Topliss-reactive ketones (excluding diaryl/α,β-unsaturated/α-hetero) is 1. The summed E-state index contributed by atoms with van der Waals surface area (Å²) in [6.45, 7) is 0.281. The summed E-state index contributed by atoms with van der Waals surface area (Å²) in [4.78, 5) is 12.3. The molecule has 0 aliphatic heterocycles. The van der Waals surface area contributed by atoms with Crippen molar-refractivity contribution in [3.63, 3.8) is 0 Å². The van der Waals surface area contributed by atoms with Crippen LogP contribution < -0.4 is 14.0 Å². The molecule has 0 saturated carbocycles. The number of methoxy groups -OCH3 is 2. The Hall–Kier alpha value is -2.36. The lowest BCUT2D eigenvalue weighted by molar-refractivity contribution is -0.683. The van der Waals surface area contributed by atoms with Crippen molar-refractivity contribution in [3.8, 4) is 11.5 Å². The van der Waals surface area contributed by atoms with Gasteiger partial charge >= 0.3 is 0 Å². The molecule has 0 aliphatic rings. The van der Waals surface area contributed by atoms with Gasteiger partial charge in [0.05, 0.1) is 19.8 Å². The van der Waals surface area contributed by atoms with Gasteiger partial charge in [-0.2, -0.15) is 4.57 Å². The van der Waals surface area contributed by atoms with Gasteiger partial charge in [0, 0.05) is 18.2 Å². The van der Waals surface area contributed by atoms with E-state index < -0.39 is 0 Å². The Kier molecular flexibility index (Phi) is 4.13. The maximum Gasteiger partial charge on any atom is 0.231 e. The average molecular weight is 258 g/mol. The van der Waals surface area contributed by atoms with Gasteiger partial charge in [-0.05, 0) is 12.1 Å². The van der Waals surface area contributed by atoms with E-state index in [1.807, 2.05) is 35.2 Å². The maximum absolute atomic E-state index is 12.3. The van der Waals surface area contributed by atoms with Crippen LogP contribution in [-0.2, 0) is 6.54 Å². The molecule has 0 atom stereocenters. The Morgan fingerprint density at radius 2 is 1.84 bits per heavy atom. The topological polar surface area (TPSA) is 39.4 Å². The summed E-state index contributed by atoms with van der Waals surface area (Å²) in [5.74, 6) is 1.19. The number of hydrogen-bond acceptors (Lipinski definition) is 3. The van der Waals surface area contributed by atoms with Gasteiger partial charge in [-0.3, -0.25) is 4.79 Å². The van der Waals surface area contributed by atoms with E-state index in [9.17, 15) is 4.79 Å². The first kappa shape index (κ1) is 13.1. The number of pyridine rings is 1. The number of carbonyl (C=O) groups is 1. The van der Waals surface area contributed by atoms with Crippen molar-refractivity contribution in [1.29, 1.82) is 0 Å². The highest BCUT2D eigenvalue weighted by atomic mass is 16.5. The van der Waals surface area contributed by atoms with E-state index in [0.29, 0.717) is 17.1 Å². The van der Waals surface area contributed by atoms with Gasteiger partial charge in [0.1, 0.15) is 11.5 Å². The fourth-order valence-corrected chi connectivity index (χ4v) is 1.82. The number of nitrogens with zero attached hydrogens (tertiary/aromatic N) is 1. The van der Waals surface area contributed by atoms with Crippen molar-refractivity contribution >= 4 is 5.78 Å². The molecule has 1 heterocycles. The molecule has 2 rings (SSSR count). The molecule has 0 aliphatic carbocycles. The Labute approximate surface area is 112 Å². The standard InChI is InChI=1S/C15H16NO3/c1-18-12-6-7-13(15(10-12)19-2)14(17)11-16-8-4-3-5-9-16/h3-10H,11H2,1-2H3/q+1. The minimum Gasteiger partial charge on any atom is -0.497 e. The number of aromatic nitrogens is 1. The van der Waals surface area contributed by atoms with E-state index in [0.717, 1.165) is 0 Å². The van der Waals surface area contributed by atoms with Crippen molar-refractivity contribution in [3.05, 3.63) is 54.4 Å². The first-order chi connectivity index (χ1) is 9.24. The summed E-state index contributed by atoms with van der Waals surface area (Å²) in [6, 6.07) is 10.9. The van der Waals surface area contributed by atoms with Crippen LogP contribution >= 0.6 is 0 Å². The third-order valence-electron chi connectivity index (χ3n) is 2.81. The summed E-state index contributed by atoms with van der Waals surface area (Å²) in [5, 5.41) is 0. The molecule has 0 fully saturated rings. The SMILES string of the molecule is COc1ccc(C(=O)C[n+]2ccccc2)c(OC)c1. The second-order valence-electron chi connectivity index (χ2n) is 4.04. The molecule has 98 valence electrons. The van der Waals surface area contributed by atoms with Crippen LogP contribution in [0.3, 0.4) is 0 Å². The summed E-state index contributed by atoms with van der Waals surface area (Å²) >= 11 is 0. The third-order valence-corrected chi connectivity index (χ3v) is 2.81. The highest BCUT2D eigenvalue weighted by Crippen LogP contribution is 2.24. The van der Waals surface area contributed by atoms with Crippen LogP contribution in [-0.4, -0.2) is 20.0 Å². The quantitative estimate of drug-likeness (QED) is 0.607. The van der Waals surface area contributed by atoms with Crippen LogP contribution in [0.15, 0.2) is 48.8 Å². The third kappa shape index (κ3) is 3.10. The van der Waals surface area contributed by atoms with E-state index in [1.54, 1.807) is 32.4 Å². The first-order valence-electron chi connectivity index (χ1n) is 5.94. The monoisotopic (exact) mass is 258 g/mol. The van der Waals surface area contributed by atoms with Gasteiger partial charge in [0.25, 0.3) is 0 Å². The minimum absolute atomic E-state index is 0.00398. The van der Waals surface area contributed by atoms with Gasteiger partial charge < -0.3 is 9.47 Å². The van der Waals surface area contributed by atoms with Gasteiger partial charge in [-0.1, -0.05) is 6.07 Å². The average Bonchev–Trinajstić information content (AvgIpc) is 2.47. The number of rotatable bonds is 5. The van der Waals surface area contributed by atoms with Crippen LogP contribution in [0.4, 0.5) is 0 Å². The van der Waals surface area contributed by atoms with Crippen molar-refractivity contribution in [2.75, 3.05) is 14.2 Å². The lowest BCUT2D eigenvalue weighted by Gasteiger charge is -2.08. The molecule has 0 bridgehead atoms. The number of hydrogen-bond donors (Lipinski definition) is 0. The van der Waals surface area contributed by atoms with E-state index in [1.165, 1.54) is 0 Å². The predicted octanol–water partition coefficient (Wildman–Crippen LogP) is 1.87. The Bertz CT molecular complexity index is 567. The maximum atomic E-state index is 12.3. The zero-order valence-corrected chi connectivity index (χ0v) is 11.0. The smallest absolute Gasteiger partial charge is 0.231 e. The highest BCUT2D eigenvalue weighted by molar-refractivity contribution is 5.97. The van der Waals surface area contributed by atoms with Crippen LogP contribution in [0, 0.1) is 0 Å². The molecule has 1 aromatic heterocycles. The molecule has 0 saturated heterocycles. The molecule has 4 heteroatoms. The second-order valence-corrected chi connectivity index (χ2v) is 4.04. The van der Waals surface area contributed by atoms with Crippen molar-refractivity contribution < 1.29 is 18.8 Å². The van der Waals surface area contributed by atoms with Crippen molar-refractivity contribution in [1.82, 2.24) is 0 Å². The summed E-state index contributed by atoms with van der Waals surface area (Å²) in [6.07, 6.45) is 3.71. The molecule has 1 aromatic carbocycles. The zero-order valence-electron chi connectivity index (χ0n) is 11.0. The molecular formula is C15H16NO3+. The highest BCUT2D eigenvalue weighted by Gasteiger charge is 2.17. The minimum atomic E-state index is -0.00398. The molecule has 4 nitrogen and oxygen atoms in total. The second kappa shape index (κ2) is 6.00. The number of benzene rings is 1. The molecule has 0 amide bonds. The fraction of sp³-hybridized carbons (Fsp3) is 0.200. The largest absolute Gasteiger partial charge is 0.497 e. The Morgan fingerprint density at radius 1 is 1.11 bits per heavy atom. The van der Waals surface area contributed by atoms with E-state index in [2.05, 4.69) is 0 Å². The van der Waals surface area contributed by atoms with Crippen LogP contribution in [0.25, 0.3) is 0 Å². The first-order valence-corrected chi connectivity index (χ1v) is 5.94. The molecule has 0 radical (unpaired) electrons. The van der Waals surface area contributed by atoms with Crippen LogP contribution in [0.2, 0.25) is 0 Å². The Balaban J connectivity index is 2.24. The molecule has 19 heavy (non-hydrogen) atoms. The number of ketones is 1. The summed E-state index contributed by atoms with van der Waals surface area (Å²) in [7, 11) is 3.12. The number of ether oxygens (including phenoxy) is 2. The van der Waals surface area contributed by atoms with Gasteiger partial charge in [-0.25, -0.2) is 0 Å². The van der Waals surface area contributed by atoms with Crippen molar-refractivity contribution in [2.24, 2.45) is 0 Å².